The molecule has 1 atom stereocenters. The molecule has 0 saturated carbocycles. The summed E-state index contributed by atoms with van der Waals surface area (Å²) in [7, 11) is 0. The number of furan rings is 1. The summed E-state index contributed by atoms with van der Waals surface area (Å²) in [6.45, 7) is 2.65. The molecular weight excluding hydrogens is 392 g/mol. The lowest BCUT2D eigenvalue weighted by molar-refractivity contribution is -0.118. The van der Waals surface area contributed by atoms with Crippen molar-refractivity contribution in [2.75, 3.05) is 25.4 Å². The average Bonchev–Trinajstić information content (AvgIpc) is 3.41. The Hall–Kier alpha value is -1.95. The molecule has 6 heteroatoms. The fraction of sp³-hybridized carbons (Fsp3) is 0.318. The van der Waals surface area contributed by atoms with E-state index < -0.39 is 0 Å². The van der Waals surface area contributed by atoms with Crippen LogP contribution >= 0.6 is 23.4 Å². The second-order valence-corrected chi connectivity index (χ2v) is 8.39. The second kappa shape index (κ2) is 9.03. The number of halogens is 1. The topological polar surface area (TPSA) is 45.5 Å². The molecule has 2 heterocycles. The van der Waals surface area contributed by atoms with Crippen LogP contribution in [0.5, 0.6) is 0 Å². The third kappa shape index (κ3) is 4.37. The largest absolute Gasteiger partial charge is 0.468 e. The molecule has 4 nitrogen and oxygen atoms in total. The number of hydrogen-bond acceptors (Lipinski definition) is 4. The lowest BCUT2D eigenvalue weighted by Gasteiger charge is -2.26. The highest BCUT2D eigenvalue weighted by Gasteiger charge is 2.25. The van der Waals surface area contributed by atoms with Crippen molar-refractivity contribution in [3.63, 3.8) is 0 Å². The minimum atomic E-state index is 0.0183. The highest BCUT2D eigenvalue weighted by Crippen LogP contribution is 2.33. The molecule has 146 valence electrons. The van der Waals surface area contributed by atoms with E-state index in [1.54, 1.807) is 6.26 Å². The maximum absolute atomic E-state index is 12.5. The molecule has 0 bridgehead atoms. The van der Waals surface area contributed by atoms with Crippen LogP contribution in [0.2, 0.25) is 5.02 Å². The van der Waals surface area contributed by atoms with Gasteiger partial charge in [-0.15, -0.1) is 11.8 Å². The summed E-state index contributed by atoms with van der Waals surface area (Å²) in [4.78, 5) is 15.9. The minimum Gasteiger partial charge on any atom is -0.468 e. The number of benzene rings is 2. The molecule has 0 unspecified atom stereocenters. The molecule has 2 aromatic carbocycles. The van der Waals surface area contributed by atoms with E-state index in [4.69, 9.17) is 16.0 Å². The maximum Gasteiger partial charge on any atom is 0.230 e. The van der Waals surface area contributed by atoms with Crippen molar-refractivity contribution >= 4 is 40.0 Å². The summed E-state index contributed by atoms with van der Waals surface area (Å²) in [6.07, 6.45) is 4.09. The van der Waals surface area contributed by atoms with Crippen LogP contribution in [0, 0.1) is 0 Å². The monoisotopic (exact) mass is 414 g/mol. The summed E-state index contributed by atoms with van der Waals surface area (Å²) in [6, 6.07) is 15.9. The number of carbonyl (C=O) groups excluding carboxylic acids is 1. The highest BCUT2D eigenvalue weighted by molar-refractivity contribution is 8.00. The third-order valence-electron chi connectivity index (χ3n) is 5.12. The Morgan fingerprint density at radius 1 is 1.14 bits per heavy atom. The van der Waals surface area contributed by atoms with Crippen LogP contribution in [0.15, 0.2) is 64.1 Å². The maximum atomic E-state index is 12.5. The van der Waals surface area contributed by atoms with Crippen LogP contribution in [0.4, 0.5) is 0 Å². The summed E-state index contributed by atoms with van der Waals surface area (Å²) in [5.41, 5.74) is 0. The molecule has 0 radical (unpaired) electrons. The zero-order chi connectivity index (χ0) is 19.3. The number of rotatable bonds is 7. The fourth-order valence-electron chi connectivity index (χ4n) is 3.73. The summed E-state index contributed by atoms with van der Waals surface area (Å²) >= 11 is 7.90. The zero-order valence-electron chi connectivity index (χ0n) is 15.6. The van der Waals surface area contributed by atoms with Gasteiger partial charge in [-0.3, -0.25) is 9.69 Å². The SMILES string of the molecule is O=C(CSc1cccc2cccc(Cl)c12)NC[C@@H](c1ccco1)N1CCCC1. The number of hydrogen-bond donors (Lipinski definition) is 1. The first-order valence-electron chi connectivity index (χ1n) is 9.56. The quantitative estimate of drug-likeness (QED) is 0.544. The summed E-state index contributed by atoms with van der Waals surface area (Å²) in [5, 5.41) is 5.90. The Labute approximate surface area is 174 Å². The van der Waals surface area contributed by atoms with Gasteiger partial charge in [0.2, 0.25) is 5.91 Å². The molecule has 3 aromatic rings. The molecule has 1 amide bonds. The smallest absolute Gasteiger partial charge is 0.230 e. The van der Waals surface area contributed by atoms with E-state index in [-0.39, 0.29) is 11.9 Å². The fourth-order valence-corrected chi connectivity index (χ4v) is 5.01. The number of fused-ring (bicyclic) bond motifs is 1. The number of nitrogens with zero attached hydrogens (tertiary/aromatic N) is 1. The number of thioether (sulfide) groups is 1. The predicted octanol–water partition coefficient (Wildman–Crippen LogP) is 5.13. The number of amides is 1. The Balaban J connectivity index is 1.38. The molecule has 1 aliphatic heterocycles. The van der Waals surface area contributed by atoms with Gasteiger partial charge < -0.3 is 9.73 Å². The summed E-state index contributed by atoms with van der Waals surface area (Å²) in [5.74, 6) is 1.29. The van der Waals surface area contributed by atoms with E-state index >= 15 is 0 Å². The van der Waals surface area contributed by atoms with Crippen LogP contribution in [0.1, 0.15) is 24.6 Å². The normalized spacial score (nSPS) is 15.8. The van der Waals surface area contributed by atoms with Gasteiger partial charge >= 0.3 is 0 Å². The van der Waals surface area contributed by atoms with E-state index in [1.165, 1.54) is 24.6 Å². The third-order valence-corrected chi connectivity index (χ3v) is 6.49. The molecule has 4 rings (SSSR count). The van der Waals surface area contributed by atoms with Gasteiger partial charge in [0.1, 0.15) is 5.76 Å². The molecule has 1 N–H and O–H groups in total. The lowest BCUT2D eigenvalue weighted by atomic mass is 10.1. The van der Waals surface area contributed by atoms with Crippen molar-refractivity contribution in [3.05, 3.63) is 65.6 Å². The van der Waals surface area contributed by atoms with Gasteiger partial charge in [-0.1, -0.05) is 35.9 Å². The molecule has 1 fully saturated rings. The van der Waals surface area contributed by atoms with Crippen molar-refractivity contribution in [1.82, 2.24) is 10.2 Å². The molecule has 28 heavy (non-hydrogen) atoms. The van der Waals surface area contributed by atoms with Gasteiger partial charge in [-0.25, -0.2) is 0 Å². The van der Waals surface area contributed by atoms with E-state index in [9.17, 15) is 4.79 Å². The van der Waals surface area contributed by atoms with E-state index in [0.717, 1.165) is 34.5 Å². The van der Waals surface area contributed by atoms with Crippen LogP contribution in [0.3, 0.4) is 0 Å². The van der Waals surface area contributed by atoms with Crippen molar-refractivity contribution in [2.45, 2.75) is 23.8 Å². The van der Waals surface area contributed by atoms with Crippen LogP contribution in [-0.2, 0) is 4.79 Å². The molecule has 1 aliphatic rings. The second-order valence-electron chi connectivity index (χ2n) is 6.96. The van der Waals surface area contributed by atoms with Gasteiger partial charge in [-0.2, -0.15) is 0 Å². The zero-order valence-corrected chi connectivity index (χ0v) is 17.1. The van der Waals surface area contributed by atoms with Crippen molar-refractivity contribution < 1.29 is 9.21 Å². The Bertz CT molecular complexity index is 934. The van der Waals surface area contributed by atoms with Gasteiger partial charge in [-0.05, 0) is 55.6 Å². The van der Waals surface area contributed by atoms with E-state index in [2.05, 4.69) is 10.2 Å². The van der Waals surface area contributed by atoms with E-state index in [1.807, 2.05) is 48.5 Å². The molecular formula is C22H23ClN2O2S. The average molecular weight is 415 g/mol. The van der Waals surface area contributed by atoms with Crippen molar-refractivity contribution in [1.29, 1.82) is 0 Å². The Morgan fingerprint density at radius 2 is 1.93 bits per heavy atom. The van der Waals surface area contributed by atoms with Gasteiger partial charge in [0, 0.05) is 21.8 Å². The summed E-state index contributed by atoms with van der Waals surface area (Å²) < 4.78 is 5.62. The number of nitrogens with one attached hydrogen (secondary N) is 1. The Kier molecular flexibility index (Phi) is 6.25. The van der Waals surface area contributed by atoms with Crippen LogP contribution in [0.25, 0.3) is 10.8 Å². The molecule has 1 saturated heterocycles. The first kappa shape index (κ1) is 19.4. The van der Waals surface area contributed by atoms with E-state index in [0.29, 0.717) is 17.3 Å². The first-order valence-corrected chi connectivity index (χ1v) is 10.9. The van der Waals surface area contributed by atoms with Gasteiger partial charge in [0.15, 0.2) is 0 Å². The molecule has 0 spiro atoms. The minimum absolute atomic E-state index is 0.0183. The lowest BCUT2D eigenvalue weighted by Crippen LogP contribution is -2.37. The number of carbonyl (C=O) groups is 1. The van der Waals surface area contributed by atoms with Crippen molar-refractivity contribution in [2.24, 2.45) is 0 Å². The van der Waals surface area contributed by atoms with Gasteiger partial charge in [0.05, 0.1) is 18.1 Å². The standard InChI is InChI=1S/C22H23ClN2O2S/c23-17-8-3-6-16-7-4-10-20(22(16)17)28-15-21(26)24-14-18(19-9-5-13-27-19)25-11-1-2-12-25/h3-10,13,18H,1-2,11-12,14-15H2,(H,24,26)/t18-/m0/s1. The van der Waals surface area contributed by atoms with Crippen LogP contribution < -0.4 is 5.32 Å². The van der Waals surface area contributed by atoms with Crippen molar-refractivity contribution in [3.8, 4) is 0 Å². The Morgan fingerprint density at radius 3 is 2.68 bits per heavy atom. The number of likely N-dealkylation sites (tertiary alicyclic amines) is 1. The van der Waals surface area contributed by atoms with Gasteiger partial charge in [0.25, 0.3) is 0 Å². The molecule has 0 aliphatic carbocycles. The highest BCUT2D eigenvalue weighted by atomic mass is 35.5. The first-order chi connectivity index (χ1) is 13.7. The molecule has 1 aromatic heterocycles. The van der Waals surface area contributed by atoms with Crippen LogP contribution in [-0.4, -0.2) is 36.2 Å². The predicted molar refractivity (Wildman–Crippen MR) is 115 cm³/mol.